The molecule has 0 aliphatic rings. The van der Waals surface area contributed by atoms with Crippen LogP contribution in [0.2, 0.25) is 0 Å². The van der Waals surface area contributed by atoms with E-state index in [9.17, 15) is 22.4 Å². The number of carbonyl (C=O) groups excluding carboxylic acids is 1. The van der Waals surface area contributed by atoms with Gasteiger partial charge in [-0.1, -0.05) is 0 Å². The van der Waals surface area contributed by atoms with Crippen LogP contribution < -0.4 is 10.5 Å². The van der Waals surface area contributed by atoms with E-state index in [1.165, 1.54) is 7.11 Å². The lowest BCUT2D eigenvalue weighted by Crippen LogP contribution is -2.12. The molecule has 0 aliphatic heterocycles. The first-order chi connectivity index (χ1) is 11.3. The molecular formula is C14H11F4N3O3. The summed E-state index contributed by atoms with van der Waals surface area (Å²) in [5.41, 5.74) is 3.54. The first-order valence-corrected chi connectivity index (χ1v) is 6.37. The molecule has 0 bridgehead atoms. The number of carbonyl (C=O) groups is 1. The van der Waals surface area contributed by atoms with E-state index in [0.29, 0.717) is 12.1 Å². The molecule has 1 aromatic carbocycles. The molecule has 2 N–H and O–H groups in total. The zero-order valence-corrected chi connectivity index (χ0v) is 12.4. The SMILES string of the molecule is COC(=O)c1nc(-c2cc(F)c(C(F)F)cc2F)nc(N)c1OC. The van der Waals surface area contributed by atoms with E-state index in [0.717, 1.165) is 7.11 Å². The number of nitrogen functional groups attached to an aromatic ring is 1. The lowest BCUT2D eigenvalue weighted by atomic mass is 10.1. The summed E-state index contributed by atoms with van der Waals surface area (Å²) < 4.78 is 62.3. The van der Waals surface area contributed by atoms with E-state index in [1.807, 2.05) is 0 Å². The Morgan fingerprint density at radius 2 is 1.83 bits per heavy atom. The summed E-state index contributed by atoms with van der Waals surface area (Å²) in [5.74, 6) is -4.53. The zero-order chi connectivity index (χ0) is 18.0. The number of nitrogens with two attached hydrogens (primary N) is 1. The maximum absolute atomic E-state index is 14.0. The summed E-state index contributed by atoms with van der Waals surface area (Å²) in [7, 11) is 2.26. The van der Waals surface area contributed by atoms with Gasteiger partial charge in [-0.05, 0) is 12.1 Å². The summed E-state index contributed by atoms with van der Waals surface area (Å²) in [6.07, 6.45) is -3.19. The van der Waals surface area contributed by atoms with Crippen molar-refractivity contribution in [1.29, 1.82) is 0 Å². The molecule has 10 heteroatoms. The molecule has 128 valence electrons. The van der Waals surface area contributed by atoms with E-state index >= 15 is 0 Å². The minimum absolute atomic E-state index is 0.212. The fourth-order valence-electron chi connectivity index (χ4n) is 1.93. The maximum Gasteiger partial charge on any atom is 0.360 e. The molecule has 2 aromatic rings. The molecule has 0 atom stereocenters. The number of alkyl halides is 2. The first kappa shape index (κ1) is 17.4. The van der Waals surface area contributed by atoms with Crippen LogP contribution in [0.3, 0.4) is 0 Å². The minimum atomic E-state index is -3.19. The summed E-state index contributed by atoms with van der Waals surface area (Å²) >= 11 is 0. The number of nitrogens with zero attached hydrogens (tertiary/aromatic N) is 2. The lowest BCUT2D eigenvalue weighted by Gasteiger charge is -2.11. The summed E-state index contributed by atoms with van der Waals surface area (Å²) in [5, 5.41) is 0. The molecule has 0 radical (unpaired) electrons. The standard InChI is InChI=1S/C14H11F4N3O3/c1-23-10-9(14(22)24-2)20-13(21-12(10)19)6-4-7(15)5(11(17)18)3-8(6)16/h3-4,11H,1-2H3,(H2,19,20,21). The third kappa shape index (κ3) is 3.07. The Morgan fingerprint density at radius 1 is 1.17 bits per heavy atom. The third-order valence-corrected chi connectivity index (χ3v) is 3.04. The Hall–Kier alpha value is -2.91. The fraction of sp³-hybridized carbons (Fsp3) is 0.214. The molecule has 0 spiro atoms. The van der Waals surface area contributed by atoms with E-state index in [4.69, 9.17) is 10.5 Å². The quantitative estimate of drug-likeness (QED) is 0.677. The van der Waals surface area contributed by atoms with E-state index in [1.54, 1.807) is 0 Å². The van der Waals surface area contributed by atoms with Gasteiger partial charge in [0.25, 0.3) is 6.43 Å². The van der Waals surface area contributed by atoms with Gasteiger partial charge in [-0.3, -0.25) is 0 Å². The molecule has 0 fully saturated rings. The average molecular weight is 345 g/mol. The molecule has 24 heavy (non-hydrogen) atoms. The smallest absolute Gasteiger partial charge is 0.360 e. The average Bonchev–Trinajstić information content (AvgIpc) is 2.54. The molecule has 1 aromatic heterocycles. The lowest BCUT2D eigenvalue weighted by molar-refractivity contribution is 0.0590. The highest BCUT2D eigenvalue weighted by atomic mass is 19.3. The van der Waals surface area contributed by atoms with Gasteiger partial charge < -0.3 is 15.2 Å². The number of anilines is 1. The molecule has 1 heterocycles. The zero-order valence-electron chi connectivity index (χ0n) is 12.4. The summed E-state index contributed by atoms with van der Waals surface area (Å²) in [6.45, 7) is 0. The number of methoxy groups -OCH3 is 2. The van der Waals surface area contributed by atoms with Crippen LogP contribution in [0.4, 0.5) is 23.4 Å². The van der Waals surface area contributed by atoms with Gasteiger partial charge in [-0.25, -0.2) is 32.3 Å². The van der Waals surface area contributed by atoms with Crippen molar-refractivity contribution in [2.75, 3.05) is 20.0 Å². The van der Waals surface area contributed by atoms with Gasteiger partial charge in [0.05, 0.1) is 25.3 Å². The van der Waals surface area contributed by atoms with Crippen LogP contribution in [0.25, 0.3) is 11.4 Å². The number of esters is 1. The van der Waals surface area contributed by atoms with Crippen molar-refractivity contribution >= 4 is 11.8 Å². The number of ether oxygens (including phenoxy) is 2. The summed E-state index contributed by atoms with van der Waals surface area (Å²) in [4.78, 5) is 19.2. The number of halogens is 4. The van der Waals surface area contributed by atoms with Crippen molar-refractivity contribution in [3.8, 4) is 17.1 Å². The summed E-state index contributed by atoms with van der Waals surface area (Å²) in [6, 6.07) is 0.829. The van der Waals surface area contributed by atoms with Crippen LogP contribution in [-0.4, -0.2) is 30.2 Å². The van der Waals surface area contributed by atoms with E-state index in [2.05, 4.69) is 14.7 Å². The van der Waals surface area contributed by atoms with Crippen LogP contribution in [0.1, 0.15) is 22.5 Å². The van der Waals surface area contributed by atoms with Crippen LogP contribution in [0.15, 0.2) is 12.1 Å². The van der Waals surface area contributed by atoms with Gasteiger partial charge >= 0.3 is 5.97 Å². The monoisotopic (exact) mass is 345 g/mol. The Labute approximate surface area is 133 Å². The largest absolute Gasteiger partial charge is 0.491 e. The van der Waals surface area contributed by atoms with Gasteiger partial charge in [0.2, 0.25) is 0 Å². The molecule has 2 rings (SSSR count). The maximum atomic E-state index is 14.0. The second-order valence-electron chi connectivity index (χ2n) is 4.46. The second-order valence-corrected chi connectivity index (χ2v) is 4.46. The Bertz CT molecular complexity index is 799. The van der Waals surface area contributed by atoms with Crippen LogP contribution in [0.5, 0.6) is 5.75 Å². The fourth-order valence-corrected chi connectivity index (χ4v) is 1.93. The minimum Gasteiger partial charge on any atom is -0.491 e. The molecular weight excluding hydrogens is 334 g/mol. The van der Waals surface area contributed by atoms with E-state index < -0.39 is 46.7 Å². The van der Waals surface area contributed by atoms with Crippen molar-refractivity contribution in [3.05, 3.63) is 35.0 Å². The molecule has 0 aliphatic carbocycles. The molecule has 0 amide bonds. The van der Waals surface area contributed by atoms with Crippen molar-refractivity contribution in [3.63, 3.8) is 0 Å². The molecule has 0 saturated carbocycles. The third-order valence-electron chi connectivity index (χ3n) is 3.04. The highest BCUT2D eigenvalue weighted by Gasteiger charge is 2.24. The topological polar surface area (TPSA) is 87.3 Å². The van der Waals surface area contributed by atoms with Gasteiger partial charge in [-0.2, -0.15) is 0 Å². The van der Waals surface area contributed by atoms with Crippen molar-refractivity contribution in [2.45, 2.75) is 6.43 Å². The van der Waals surface area contributed by atoms with Crippen LogP contribution in [-0.2, 0) is 4.74 Å². The first-order valence-electron chi connectivity index (χ1n) is 6.37. The number of hydrogen-bond acceptors (Lipinski definition) is 6. The predicted octanol–water partition coefficient (Wildman–Crippen LogP) is 2.74. The normalized spacial score (nSPS) is 10.8. The highest BCUT2D eigenvalue weighted by molar-refractivity contribution is 5.92. The predicted molar refractivity (Wildman–Crippen MR) is 74.6 cm³/mol. The van der Waals surface area contributed by atoms with Gasteiger partial charge in [0.1, 0.15) is 11.6 Å². The molecule has 0 saturated heterocycles. The highest BCUT2D eigenvalue weighted by Crippen LogP contribution is 2.31. The Balaban J connectivity index is 2.67. The van der Waals surface area contributed by atoms with Crippen molar-refractivity contribution in [1.82, 2.24) is 9.97 Å². The second kappa shape index (κ2) is 6.69. The molecule has 0 unspecified atom stereocenters. The molecule has 6 nitrogen and oxygen atoms in total. The number of hydrogen-bond donors (Lipinski definition) is 1. The number of aromatic nitrogens is 2. The van der Waals surface area contributed by atoms with Gasteiger partial charge in [0, 0.05) is 0 Å². The Morgan fingerprint density at radius 3 is 2.38 bits per heavy atom. The number of rotatable bonds is 4. The van der Waals surface area contributed by atoms with Crippen LogP contribution >= 0.6 is 0 Å². The van der Waals surface area contributed by atoms with Crippen LogP contribution in [0, 0.1) is 11.6 Å². The number of benzene rings is 1. The van der Waals surface area contributed by atoms with Gasteiger partial charge in [0.15, 0.2) is 23.1 Å². The van der Waals surface area contributed by atoms with Gasteiger partial charge in [-0.15, -0.1) is 0 Å². The van der Waals surface area contributed by atoms with Crippen molar-refractivity contribution in [2.24, 2.45) is 0 Å². The Kier molecular flexibility index (Phi) is 4.86. The van der Waals surface area contributed by atoms with E-state index in [-0.39, 0.29) is 11.6 Å². The van der Waals surface area contributed by atoms with Crippen molar-refractivity contribution < 1.29 is 31.8 Å².